The highest BCUT2D eigenvalue weighted by Crippen LogP contribution is 2.33. The summed E-state index contributed by atoms with van der Waals surface area (Å²) < 4.78 is 52.2. The molecule has 1 N–H and O–H groups in total. The van der Waals surface area contributed by atoms with E-state index in [2.05, 4.69) is 10.3 Å². The number of halogens is 4. The highest BCUT2D eigenvalue weighted by atomic mass is 19.4. The van der Waals surface area contributed by atoms with Gasteiger partial charge in [-0.05, 0) is 72.8 Å². The molecule has 5 rings (SSSR count). The van der Waals surface area contributed by atoms with E-state index in [1.165, 1.54) is 47.6 Å². The predicted octanol–water partition coefficient (Wildman–Crippen LogP) is 6.92. The van der Waals surface area contributed by atoms with Crippen molar-refractivity contribution in [3.63, 3.8) is 0 Å². The number of pyridine rings is 1. The number of carbonyl (C=O) groups excluding carboxylic acids is 2. The van der Waals surface area contributed by atoms with E-state index in [9.17, 15) is 27.2 Å². The molecular formula is C29H19F4N3O2. The summed E-state index contributed by atoms with van der Waals surface area (Å²) in [6.45, 7) is 0.195. The summed E-state index contributed by atoms with van der Waals surface area (Å²) in [6.07, 6.45) is 1.68. The number of carbonyl (C=O) groups is 2. The third kappa shape index (κ3) is 5.17. The highest BCUT2D eigenvalue weighted by Gasteiger charge is 2.30. The van der Waals surface area contributed by atoms with Crippen molar-refractivity contribution in [1.82, 2.24) is 9.88 Å². The van der Waals surface area contributed by atoms with Crippen LogP contribution in [0, 0.1) is 5.82 Å². The zero-order valence-electron chi connectivity index (χ0n) is 19.7. The van der Waals surface area contributed by atoms with E-state index >= 15 is 0 Å². The zero-order chi connectivity index (χ0) is 26.9. The number of hydrogen-bond acceptors (Lipinski definition) is 4. The fraction of sp³-hybridized carbons (Fsp3) is 0.0690. The largest absolute Gasteiger partial charge is 0.416 e. The van der Waals surface area contributed by atoms with Crippen LogP contribution in [0.3, 0.4) is 0 Å². The van der Waals surface area contributed by atoms with E-state index < -0.39 is 17.6 Å². The van der Waals surface area contributed by atoms with Crippen molar-refractivity contribution in [2.24, 2.45) is 0 Å². The zero-order valence-corrected chi connectivity index (χ0v) is 19.7. The molecule has 1 aromatic heterocycles. The molecule has 38 heavy (non-hydrogen) atoms. The van der Waals surface area contributed by atoms with Crippen LogP contribution in [0.2, 0.25) is 0 Å². The lowest BCUT2D eigenvalue weighted by Crippen LogP contribution is -2.28. The van der Waals surface area contributed by atoms with Gasteiger partial charge in [0, 0.05) is 52.4 Å². The SMILES string of the molecule is O=C(C1=CCN(C(=O)c2ccc(Nc3ccnc4cc(C(F)(F)F)ccc34)cc2)C=C1)c1ccc(F)cc1. The van der Waals surface area contributed by atoms with E-state index in [0.717, 1.165) is 12.1 Å². The molecule has 4 aromatic rings. The Hall–Kier alpha value is -4.79. The second kappa shape index (κ2) is 9.93. The third-order valence-corrected chi connectivity index (χ3v) is 6.05. The molecule has 1 aliphatic rings. The molecule has 1 amide bonds. The molecular weight excluding hydrogens is 498 g/mol. The number of benzene rings is 3. The van der Waals surface area contributed by atoms with Crippen LogP contribution in [0.4, 0.5) is 28.9 Å². The molecule has 3 aromatic carbocycles. The number of nitrogens with one attached hydrogen (secondary N) is 1. The Balaban J connectivity index is 1.26. The standard InChI is InChI=1S/C29H19F4N3O2/c30-22-6-1-18(2-7-22)27(37)19-12-15-36(16-13-19)28(38)20-3-8-23(9-4-20)35-25-11-14-34-26-17-21(29(31,32)33)5-10-24(25)26/h1-15,17H,16H2,(H,34,35). The first kappa shape index (κ1) is 24.9. The minimum atomic E-state index is -4.46. The van der Waals surface area contributed by atoms with Gasteiger partial charge < -0.3 is 10.2 Å². The molecule has 0 fully saturated rings. The molecule has 0 saturated carbocycles. The van der Waals surface area contributed by atoms with Gasteiger partial charge in [-0.1, -0.05) is 12.1 Å². The molecule has 0 radical (unpaired) electrons. The van der Waals surface area contributed by atoms with Gasteiger partial charge in [0.2, 0.25) is 0 Å². The summed E-state index contributed by atoms with van der Waals surface area (Å²) >= 11 is 0. The Kier molecular flexibility index (Phi) is 6.50. The van der Waals surface area contributed by atoms with Crippen LogP contribution in [-0.4, -0.2) is 28.1 Å². The summed E-state index contributed by atoms with van der Waals surface area (Å²) in [6, 6.07) is 16.9. The number of nitrogens with zero attached hydrogens (tertiary/aromatic N) is 2. The summed E-state index contributed by atoms with van der Waals surface area (Å²) in [5.41, 5.74) is 1.82. The van der Waals surface area contributed by atoms with E-state index in [0.29, 0.717) is 33.5 Å². The maximum atomic E-state index is 13.1. The number of rotatable bonds is 5. The van der Waals surface area contributed by atoms with Gasteiger partial charge in [-0.2, -0.15) is 13.2 Å². The monoisotopic (exact) mass is 517 g/mol. The van der Waals surface area contributed by atoms with Gasteiger partial charge in [0.05, 0.1) is 11.1 Å². The van der Waals surface area contributed by atoms with Gasteiger partial charge in [0.15, 0.2) is 5.78 Å². The molecule has 0 bridgehead atoms. The molecule has 5 nitrogen and oxygen atoms in total. The Labute approximate surface area is 214 Å². The first-order chi connectivity index (χ1) is 18.2. The van der Waals surface area contributed by atoms with E-state index in [1.54, 1.807) is 42.5 Å². The Bertz CT molecular complexity index is 1590. The Morgan fingerprint density at radius 3 is 2.26 bits per heavy atom. The van der Waals surface area contributed by atoms with E-state index in [1.807, 2.05) is 0 Å². The van der Waals surface area contributed by atoms with Crippen LogP contribution in [0.25, 0.3) is 10.9 Å². The van der Waals surface area contributed by atoms with Crippen LogP contribution in [0.15, 0.2) is 103 Å². The van der Waals surface area contributed by atoms with Gasteiger partial charge >= 0.3 is 6.18 Å². The Morgan fingerprint density at radius 2 is 1.61 bits per heavy atom. The number of alkyl halides is 3. The number of anilines is 2. The first-order valence-electron chi connectivity index (χ1n) is 11.5. The van der Waals surface area contributed by atoms with Gasteiger partial charge in [-0.3, -0.25) is 14.6 Å². The van der Waals surface area contributed by atoms with Gasteiger partial charge in [-0.25, -0.2) is 4.39 Å². The molecule has 0 spiro atoms. The van der Waals surface area contributed by atoms with Gasteiger partial charge in [0.25, 0.3) is 5.91 Å². The van der Waals surface area contributed by atoms with Crippen molar-refractivity contribution in [2.45, 2.75) is 6.18 Å². The molecule has 2 heterocycles. The van der Waals surface area contributed by atoms with Gasteiger partial charge in [0.1, 0.15) is 5.82 Å². The van der Waals surface area contributed by atoms with Crippen LogP contribution in [-0.2, 0) is 6.18 Å². The fourth-order valence-corrected chi connectivity index (χ4v) is 4.03. The Morgan fingerprint density at radius 1 is 0.895 bits per heavy atom. The summed E-state index contributed by atoms with van der Waals surface area (Å²) in [7, 11) is 0. The van der Waals surface area contributed by atoms with Crippen LogP contribution in [0.5, 0.6) is 0 Å². The number of fused-ring (bicyclic) bond motifs is 1. The maximum absolute atomic E-state index is 13.1. The van der Waals surface area contributed by atoms with Crippen molar-refractivity contribution in [3.05, 3.63) is 125 Å². The number of aromatic nitrogens is 1. The van der Waals surface area contributed by atoms with Crippen LogP contribution < -0.4 is 5.32 Å². The molecule has 0 unspecified atom stereocenters. The first-order valence-corrected chi connectivity index (χ1v) is 11.5. The second-order valence-electron chi connectivity index (χ2n) is 8.56. The van der Waals surface area contributed by atoms with Crippen LogP contribution in [0.1, 0.15) is 26.3 Å². The van der Waals surface area contributed by atoms with Crippen molar-refractivity contribution in [1.29, 1.82) is 0 Å². The molecule has 190 valence electrons. The quantitative estimate of drug-likeness (QED) is 0.231. The number of ketones is 1. The minimum absolute atomic E-state index is 0.195. The lowest BCUT2D eigenvalue weighted by atomic mass is 10.0. The molecule has 0 saturated heterocycles. The fourth-order valence-electron chi connectivity index (χ4n) is 4.03. The number of hydrogen-bond donors (Lipinski definition) is 1. The lowest BCUT2D eigenvalue weighted by Gasteiger charge is -2.21. The van der Waals surface area contributed by atoms with Crippen molar-refractivity contribution in [2.75, 3.05) is 11.9 Å². The summed E-state index contributed by atoms with van der Waals surface area (Å²) in [5, 5.41) is 3.68. The normalized spacial score (nSPS) is 13.4. The summed E-state index contributed by atoms with van der Waals surface area (Å²) in [5.74, 6) is -0.963. The van der Waals surface area contributed by atoms with Crippen molar-refractivity contribution in [3.8, 4) is 0 Å². The lowest BCUT2D eigenvalue weighted by molar-refractivity contribution is -0.137. The number of amides is 1. The molecule has 0 atom stereocenters. The molecule has 1 aliphatic heterocycles. The predicted molar refractivity (Wildman–Crippen MR) is 135 cm³/mol. The van der Waals surface area contributed by atoms with Crippen LogP contribution >= 0.6 is 0 Å². The number of Topliss-reactive ketones (excluding diaryl/α,β-unsaturated/α-hetero) is 1. The average molecular weight is 517 g/mol. The van der Waals surface area contributed by atoms with E-state index in [4.69, 9.17) is 0 Å². The molecule has 0 aliphatic carbocycles. The number of allylic oxidation sites excluding steroid dienone is 2. The maximum Gasteiger partial charge on any atom is 0.416 e. The minimum Gasteiger partial charge on any atom is -0.355 e. The summed E-state index contributed by atoms with van der Waals surface area (Å²) in [4.78, 5) is 31.0. The highest BCUT2D eigenvalue weighted by molar-refractivity contribution is 6.11. The molecule has 9 heteroatoms. The van der Waals surface area contributed by atoms with Crippen molar-refractivity contribution >= 4 is 34.0 Å². The topological polar surface area (TPSA) is 62.3 Å². The van der Waals surface area contributed by atoms with Gasteiger partial charge in [-0.15, -0.1) is 0 Å². The van der Waals surface area contributed by atoms with Crippen molar-refractivity contribution < 1.29 is 27.2 Å². The second-order valence-corrected chi connectivity index (χ2v) is 8.56. The smallest absolute Gasteiger partial charge is 0.355 e. The average Bonchev–Trinajstić information content (AvgIpc) is 2.92. The third-order valence-electron chi connectivity index (χ3n) is 6.05. The van der Waals surface area contributed by atoms with E-state index in [-0.39, 0.29) is 23.8 Å².